The molecule has 0 saturated heterocycles. The summed E-state index contributed by atoms with van der Waals surface area (Å²) in [6, 6.07) is 14.5. The van der Waals surface area contributed by atoms with E-state index < -0.39 is 0 Å². The molecule has 0 unspecified atom stereocenters. The highest BCUT2D eigenvalue weighted by atomic mass is 16.2. The minimum absolute atomic E-state index is 0.149. The summed E-state index contributed by atoms with van der Waals surface area (Å²) in [5.74, 6) is 0.132. The van der Waals surface area contributed by atoms with Gasteiger partial charge in [-0.2, -0.15) is 0 Å². The quantitative estimate of drug-likeness (QED) is 0.774. The number of benzene rings is 2. The van der Waals surface area contributed by atoms with Crippen molar-refractivity contribution in [1.82, 2.24) is 9.55 Å². The third kappa shape index (κ3) is 3.12. The summed E-state index contributed by atoms with van der Waals surface area (Å²) >= 11 is 0. The highest BCUT2D eigenvalue weighted by Crippen LogP contribution is 2.20. The lowest BCUT2D eigenvalue weighted by Crippen LogP contribution is -2.16. The number of rotatable bonds is 4. The standard InChI is InChI=1S/C18H18N4O2/c1-3-22-16-7-5-4-6-15(16)20-18(22)21-17(24)13-8-10-14(11-9-13)19-12(2)23/h4-11H,3H2,1-2H3,(H,19,23)(H,20,21,24). The monoisotopic (exact) mass is 322 g/mol. The Morgan fingerprint density at radius 3 is 2.42 bits per heavy atom. The summed E-state index contributed by atoms with van der Waals surface area (Å²) in [4.78, 5) is 27.9. The average Bonchev–Trinajstić information content (AvgIpc) is 2.91. The third-order valence-electron chi connectivity index (χ3n) is 3.66. The molecule has 0 saturated carbocycles. The molecule has 0 bridgehead atoms. The Kier molecular flexibility index (Phi) is 4.29. The molecule has 0 aliphatic rings. The molecule has 6 heteroatoms. The van der Waals surface area contributed by atoms with Crippen molar-refractivity contribution in [2.45, 2.75) is 20.4 Å². The zero-order chi connectivity index (χ0) is 17.1. The van der Waals surface area contributed by atoms with Crippen molar-refractivity contribution in [3.05, 3.63) is 54.1 Å². The van der Waals surface area contributed by atoms with Gasteiger partial charge in [0.1, 0.15) is 0 Å². The lowest BCUT2D eigenvalue weighted by atomic mass is 10.2. The third-order valence-corrected chi connectivity index (χ3v) is 3.66. The number of aromatic nitrogens is 2. The summed E-state index contributed by atoms with van der Waals surface area (Å²) in [6.07, 6.45) is 0. The lowest BCUT2D eigenvalue weighted by Gasteiger charge is -2.08. The number of imidazole rings is 1. The van der Waals surface area contributed by atoms with Crippen LogP contribution in [0.1, 0.15) is 24.2 Å². The van der Waals surface area contributed by atoms with Crippen LogP contribution in [0, 0.1) is 0 Å². The Labute approximate surface area is 139 Å². The van der Waals surface area contributed by atoms with Crippen LogP contribution in [-0.2, 0) is 11.3 Å². The smallest absolute Gasteiger partial charge is 0.257 e. The molecular formula is C18H18N4O2. The minimum Gasteiger partial charge on any atom is -0.326 e. The van der Waals surface area contributed by atoms with Crippen LogP contribution >= 0.6 is 0 Å². The molecule has 0 aliphatic heterocycles. The van der Waals surface area contributed by atoms with Gasteiger partial charge in [-0.1, -0.05) is 12.1 Å². The van der Waals surface area contributed by atoms with Gasteiger partial charge in [-0.15, -0.1) is 0 Å². The molecule has 3 rings (SSSR count). The maximum absolute atomic E-state index is 12.4. The minimum atomic E-state index is -0.241. The molecule has 24 heavy (non-hydrogen) atoms. The predicted molar refractivity (Wildman–Crippen MR) is 94.1 cm³/mol. The summed E-state index contributed by atoms with van der Waals surface area (Å²) in [7, 11) is 0. The van der Waals surface area contributed by atoms with Crippen LogP contribution in [0.25, 0.3) is 11.0 Å². The predicted octanol–water partition coefficient (Wildman–Crippen LogP) is 3.27. The van der Waals surface area contributed by atoms with Gasteiger partial charge >= 0.3 is 0 Å². The van der Waals surface area contributed by atoms with Gasteiger partial charge in [0, 0.05) is 24.7 Å². The molecule has 0 aliphatic carbocycles. The zero-order valence-electron chi connectivity index (χ0n) is 13.5. The van der Waals surface area contributed by atoms with Crippen molar-refractivity contribution in [1.29, 1.82) is 0 Å². The molecule has 6 nitrogen and oxygen atoms in total. The number of anilines is 2. The van der Waals surface area contributed by atoms with Crippen molar-refractivity contribution < 1.29 is 9.59 Å². The molecule has 2 aromatic carbocycles. The van der Waals surface area contributed by atoms with E-state index in [0.29, 0.717) is 23.7 Å². The van der Waals surface area contributed by atoms with Gasteiger partial charge in [-0.25, -0.2) is 4.98 Å². The first-order valence-electron chi connectivity index (χ1n) is 7.72. The van der Waals surface area contributed by atoms with Crippen LogP contribution in [0.2, 0.25) is 0 Å². The highest BCUT2D eigenvalue weighted by molar-refractivity contribution is 6.04. The van der Waals surface area contributed by atoms with Crippen LogP contribution in [0.5, 0.6) is 0 Å². The molecule has 3 aromatic rings. The number of fused-ring (bicyclic) bond motifs is 1. The number of hydrogen-bond acceptors (Lipinski definition) is 3. The fourth-order valence-electron chi connectivity index (χ4n) is 2.57. The van der Waals surface area contributed by atoms with Crippen LogP contribution in [0.15, 0.2) is 48.5 Å². The number of hydrogen-bond donors (Lipinski definition) is 2. The van der Waals surface area contributed by atoms with Crippen molar-refractivity contribution in [2.24, 2.45) is 0 Å². The van der Waals surface area contributed by atoms with E-state index in [1.165, 1.54) is 6.92 Å². The fourth-order valence-corrected chi connectivity index (χ4v) is 2.57. The van der Waals surface area contributed by atoms with Crippen molar-refractivity contribution in [3.8, 4) is 0 Å². The fraction of sp³-hybridized carbons (Fsp3) is 0.167. The molecular weight excluding hydrogens is 304 g/mol. The molecule has 1 heterocycles. The van der Waals surface area contributed by atoms with Crippen LogP contribution < -0.4 is 10.6 Å². The van der Waals surface area contributed by atoms with Crippen LogP contribution in [-0.4, -0.2) is 21.4 Å². The molecule has 0 radical (unpaired) electrons. The number of para-hydroxylation sites is 2. The maximum atomic E-state index is 12.4. The molecule has 0 atom stereocenters. The average molecular weight is 322 g/mol. The van der Waals surface area contributed by atoms with Crippen LogP contribution in [0.3, 0.4) is 0 Å². The van der Waals surface area contributed by atoms with E-state index in [-0.39, 0.29) is 11.8 Å². The van der Waals surface area contributed by atoms with Gasteiger partial charge in [0.15, 0.2) is 0 Å². The van der Waals surface area contributed by atoms with Gasteiger partial charge in [-0.3, -0.25) is 14.9 Å². The van der Waals surface area contributed by atoms with E-state index in [0.717, 1.165) is 11.0 Å². The van der Waals surface area contributed by atoms with Gasteiger partial charge in [0.2, 0.25) is 11.9 Å². The molecule has 2 amide bonds. The molecule has 0 fully saturated rings. The Morgan fingerprint density at radius 2 is 1.75 bits per heavy atom. The Morgan fingerprint density at radius 1 is 1.04 bits per heavy atom. The van der Waals surface area contributed by atoms with E-state index in [9.17, 15) is 9.59 Å². The van der Waals surface area contributed by atoms with Gasteiger partial charge < -0.3 is 9.88 Å². The number of aryl methyl sites for hydroxylation is 1. The normalized spacial score (nSPS) is 10.6. The van der Waals surface area contributed by atoms with E-state index in [1.807, 2.05) is 35.8 Å². The van der Waals surface area contributed by atoms with Crippen molar-refractivity contribution in [3.63, 3.8) is 0 Å². The number of carbonyl (C=O) groups excluding carboxylic acids is 2. The first-order valence-corrected chi connectivity index (χ1v) is 7.72. The molecule has 1 aromatic heterocycles. The summed E-state index contributed by atoms with van der Waals surface area (Å²) in [6.45, 7) is 4.15. The summed E-state index contributed by atoms with van der Waals surface area (Å²) in [5.41, 5.74) is 2.98. The number of carbonyl (C=O) groups is 2. The molecule has 122 valence electrons. The van der Waals surface area contributed by atoms with E-state index in [1.54, 1.807) is 24.3 Å². The topological polar surface area (TPSA) is 76.0 Å². The lowest BCUT2D eigenvalue weighted by molar-refractivity contribution is -0.114. The highest BCUT2D eigenvalue weighted by Gasteiger charge is 2.13. The van der Waals surface area contributed by atoms with Gasteiger partial charge in [0.25, 0.3) is 5.91 Å². The number of amides is 2. The second-order valence-corrected chi connectivity index (χ2v) is 5.38. The number of nitrogens with zero attached hydrogens (tertiary/aromatic N) is 2. The Balaban J connectivity index is 1.83. The van der Waals surface area contributed by atoms with Gasteiger partial charge in [-0.05, 0) is 43.3 Å². The van der Waals surface area contributed by atoms with Crippen LogP contribution in [0.4, 0.5) is 11.6 Å². The van der Waals surface area contributed by atoms with E-state index >= 15 is 0 Å². The first kappa shape index (κ1) is 15.7. The van der Waals surface area contributed by atoms with Crippen molar-refractivity contribution in [2.75, 3.05) is 10.6 Å². The zero-order valence-corrected chi connectivity index (χ0v) is 13.5. The summed E-state index contributed by atoms with van der Waals surface area (Å²) in [5, 5.41) is 5.52. The summed E-state index contributed by atoms with van der Waals surface area (Å²) < 4.78 is 1.96. The van der Waals surface area contributed by atoms with Crippen molar-refractivity contribution >= 4 is 34.5 Å². The first-order chi connectivity index (χ1) is 11.6. The van der Waals surface area contributed by atoms with E-state index in [4.69, 9.17) is 0 Å². The molecule has 0 spiro atoms. The Hall–Kier alpha value is -3.15. The Bertz CT molecular complexity index is 897. The largest absolute Gasteiger partial charge is 0.326 e. The SMILES string of the molecule is CCn1c(NC(=O)c2ccc(NC(C)=O)cc2)nc2ccccc21. The van der Waals surface area contributed by atoms with E-state index in [2.05, 4.69) is 15.6 Å². The molecule has 2 N–H and O–H groups in total. The maximum Gasteiger partial charge on any atom is 0.257 e. The van der Waals surface area contributed by atoms with Gasteiger partial charge in [0.05, 0.1) is 11.0 Å². The second kappa shape index (κ2) is 6.54. The second-order valence-electron chi connectivity index (χ2n) is 5.38. The number of nitrogens with one attached hydrogen (secondary N) is 2.